The zero-order valence-corrected chi connectivity index (χ0v) is 16.2. The SMILES string of the molecule is O=C(N(c1cccnc1)c1cccc(COc2cc(Cl)ccc2Cl)c1)C(F)(F)F. The molecule has 0 fully saturated rings. The van der Waals surface area contributed by atoms with Crippen LogP contribution in [-0.2, 0) is 11.4 Å². The molecule has 0 saturated heterocycles. The zero-order valence-electron chi connectivity index (χ0n) is 14.7. The van der Waals surface area contributed by atoms with Crippen molar-refractivity contribution in [2.75, 3.05) is 4.90 Å². The van der Waals surface area contributed by atoms with Gasteiger partial charge in [-0.15, -0.1) is 0 Å². The molecule has 0 bridgehead atoms. The topological polar surface area (TPSA) is 42.4 Å². The zero-order chi connectivity index (χ0) is 21.0. The maximum Gasteiger partial charge on any atom is 0.472 e. The van der Waals surface area contributed by atoms with Crippen molar-refractivity contribution in [2.45, 2.75) is 12.8 Å². The Bertz CT molecular complexity index is 1010. The molecular formula is C20H13Cl2F3N2O2. The van der Waals surface area contributed by atoms with E-state index in [2.05, 4.69) is 4.98 Å². The van der Waals surface area contributed by atoms with Crippen molar-refractivity contribution in [1.29, 1.82) is 0 Å². The van der Waals surface area contributed by atoms with Crippen molar-refractivity contribution in [3.8, 4) is 5.75 Å². The minimum Gasteiger partial charge on any atom is -0.487 e. The number of anilines is 2. The van der Waals surface area contributed by atoms with Crippen molar-refractivity contribution in [3.05, 3.63) is 82.6 Å². The van der Waals surface area contributed by atoms with Gasteiger partial charge in [0.15, 0.2) is 0 Å². The number of hydrogen-bond donors (Lipinski definition) is 0. The summed E-state index contributed by atoms with van der Waals surface area (Å²) in [6, 6.07) is 13.5. The summed E-state index contributed by atoms with van der Waals surface area (Å²) in [6.07, 6.45) is -2.48. The van der Waals surface area contributed by atoms with Gasteiger partial charge in [-0.3, -0.25) is 14.7 Å². The third-order valence-electron chi connectivity index (χ3n) is 3.81. The lowest BCUT2D eigenvalue weighted by Gasteiger charge is -2.24. The predicted molar refractivity (Wildman–Crippen MR) is 105 cm³/mol. The Labute approximate surface area is 174 Å². The van der Waals surface area contributed by atoms with E-state index in [1.807, 2.05) is 0 Å². The fourth-order valence-electron chi connectivity index (χ4n) is 2.53. The maximum absolute atomic E-state index is 13.2. The number of ether oxygens (including phenoxy) is 1. The Morgan fingerprint density at radius 2 is 1.79 bits per heavy atom. The second kappa shape index (κ2) is 8.71. The Morgan fingerprint density at radius 3 is 2.48 bits per heavy atom. The van der Waals surface area contributed by atoms with Crippen LogP contribution in [0.2, 0.25) is 10.0 Å². The van der Waals surface area contributed by atoms with Gasteiger partial charge in [0.05, 0.1) is 16.9 Å². The van der Waals surface area contributed by atoms with Crippen LogP contribution in [0.4, 0.5) is 24.5 Å². The number of pyridine rings is 1. The number of nitrogens with zero attached hydrogens (tertiary/aromatic N) is 2. The molecule has 1 aromatic heterocycles. The van der Waals surface area contributed by atoms with Gasteiger partial charge in [-0.25, -0.2) is 0 Å². The van der Waals surface area contributed by atoms with Gasteiger partial charge in [-0.1, -0.05) is 35.3 Å². The molecule has 150 valence electrons. The van der Waals surface area contributed by atoms with E-state index in [1.165, 1.54) is 48.8 Å². The predicted octanol–water partition coefficient (Wildman–Crippen LogP) is 6.19. The standard InChI is InChI=1S/C20H13Cl2F3N2O2/c21-14-6-7-17(22)18(10-14)29-12-13-3-1-4-15(9-13)27(19(28)20(23,24)25)16-5-2-8-26-11-16/h1-11H,12H2. The number of rotatable bonds is 5. The molecule has 3 aromatic rings. The number of halogens is 5. The Morgan fingerprint density at radius 1 is 1.03 bits per heavy atom. The quantitative estimate of drug-likeness (QED) is 0.474. The number of amides is 1. The summed E-state index contributed by atoms with van der Waals surface area (Å²) in [4.78, 5) is 16.4. The summed E-state index contributed by atoms with van der Waals surface area (Å²) in [5.74, 6) is -1.69. The highest BCUT2D eigenvalue weighted by Crippen LogP contribution is 2.32. The minimum atomic E-state index is -5.06. The van der Waals surface area contributed by atoms with E-state index in [1.54, 1.807) is 18.2 Å². The van der Waals surface area contributed by atoms with Crippen LogP contribution >= 0.6 is 23.2 Å². The molecule has 0 aliphatic carbocycles. The van der Waals surface area contributed by atoms with Crippen molar-refractivity contribution >= 4 is 40.5 Å². The molecule has 1 amide bonds. The van der Waals surface area contributed by atoms with E-state index in [9.17, 15) is 18.0 Å². The van der Waals surface area contributed by atoms with Crippen molar-refractivity contribution < 1.29 is 22.7 Å². The van der Waals surface area contributed by atoms with Crippen LogP contribution in [0.3, 0.4) is 0 Å². The molecule has 0 spiro atoms. The number of benzene rings is 2. The molecule has 1 heterocycles. The van der Waals surface area contributed by atoms with Crippen LogP contribution in [0.5, 0.6) is 5.75 Å². The van der Waals surface area contributed by atoms with Gasteiger partial charge in [0.25, 0.3) is 0 Å². The summed E-state index contributed by atoms with van der Waals surface area (Å²) in [5, 5.41) is 0.770. The van der Waals surface area contributed by atoms with Crippen LogP contribution in [0.1, 0.15) is 5.56 Å². The van der Waals surface area contributed by atoms with Crippen LogP contribution in [-0.4, -0.2) is 17.1 Å². The van der Waals surface area contributed by atoms with Gasteiger partial charge >= 0.3 is 12.1 Å². The summed E-state index contributed by atoms with van der Waals surface area (Å²) in [6.45, 7) is 0.00892. The third-order valence-corrected chi connectivity index (χ3v) is 4.35. The average molecular weight is 441 g/mol. The van der Waals surface area contributed by atoms with Gasteiger partial charge in [0.2, 0.25) is 0 Å². The van der Waals surface area contributed by atoms with Gasteiger partial charge in [-0.05, 0) is 42.0 Å². The summed E-state index contributed by atoms with van der Waals surface area (Å²) in [7, 11) is 0. The summed E-state index contributed by atoms with van der Waals surface area (Å²) in [5.41, 5.74) is 0.548. The molecule has 0 aliphatic rings. The first-order chi connectivity index (χ1) is 13.8. The minimum absolute atomic E-state index is 0.00854. The summed E-state index contributed by atoms with van der Waals surface area (Å²) < 4.78 is 45.1. The lowest BCUT2D eigenvalue weighted by Crippen LogP contribution is -2.38. The second-order valence-corrected chi connectivity index (χ2v) is 6.73. The molecule has 0 saturated carbocycles. The molecule has 4 nitrogen and oxygen atoms in total. The lowest BCUT2D eigenvalue weighted by atomic mass is 10.1. The molecule has 0 aliphatic heterocycles. The van der Waals surface area contributed by atoms with E-state index in [0.717, 1.165) is 0 Å². The molecule has 3 rings (SSSR count). The van der Waals surface area contributed by atoms with Crippen LogP contribution < -0.4 is 9.64 Å². The van der Waals surface area contributed by atoms with E-state index in [0.29, 0.717) is 26.3 Å². The second-order valence-electron chi connectivity index (χ2n) is 5.88. The molecule has 9 heteroatoms. The Balaban J connectivity index is 1.90. The maximum atomic E-state index is 13.2. The number of alkyl halides is 3. The summed E-state index contributed by atoms with van der Waals surface area (Å²) >= 11 is 12.0. The number of carbonyl (C=O) groups excluding carboxylic acids is 1. The number of aromatic nitrogens is 1. The van der Waals surface area contributed by atoms with Gasteiger partial charge in [0, 0.05) is 23.0 Å². The molecule has 0 unspecified atom stereocenters. The van der Waals surface area contributed by atoms with E-state index < -0.39 is 12.1 Å². The van der Waals surface area contributed by atoms with Gasteiger partial charge < -0.3 is 4.74 Å². The third kappa shape index (κ3) is 5.19. The highest BCUT2D eigenvalue weighted by molar-refractivity contribution is 6.34. The molecular weight excluding hydrogens is 428 g/mol. The first-order valence-corrected chi connectivity index (χ1v) is 8.99. The molecule has 0 radical (unpaired) electrons. The molecule has 0 N–H and O–H groups in total. The van der Waals surface area contributed by atoms with E-state index in [-0.39, 0.29) is 18.0 Å². The first kappa shape index (κ1) is 21.0. The van der Waals surface area contributed by atoms with Crippen LogP contribution in [0, 0.1) is 0 Å². The van der Waals surface area contributed by atoms with Gasteiger partial charge in [-0.2, -0.15) is 13.2 Å². The van der Waals surface area contributed by atoms with Crippen LogP contribution in [0.15, 0.2) is 67.0 Å². The van der Waals surface area contributed by atoms with Crippen molar-refractivity contribution in [1.82, 2.24) is 4.98 Å². The highest BCUT2D eigenvalue weighted by atomic mass is 35.5. The normalized spacial score (nSPS) is 11.2. The molecule has 0 atom stereocenters. The lowest BCUT2D eigenvalue weighted by molar-refractivity contribution is -0.169. The fourth-order valence-corrected chi connectivity index (χ4v) is 2.86. The smallest absolute Gasteiger partial charge is 0.472 e. The van der Waals surface area contributed by atoms with E-state index >= 15 is 0 Å². The van der Waals surface area contributed by atoms with E-state index in [4.69, 9.17) is 27.9 Å². The first-order valence-electron chi connectivity index (χ1n) is 8.24. The van der Waals surface area contributed by atoms with Crippen LogP contribution in [0.25, 0.3) is 0 Å². The average Bonchev–Trinajstić information content (AvgIpc) is 2.69. The van der Waals surface area contributed by atoms with Gasteiger partial charge in [0.1, 0.15) is 12.4 Å². The van der Waals surface area contributed by atoms with Crippen molar-refractivity contribution in [2.24, 2.45) is 0 Å². The number of hydrogen-bond acceptors (Lipinski definition) is 3. The van der Waals surface area contributed by atoms with Crippen molar-refractivity contribution in [3.63, 3.8) is 0 Å². The fraction of sp³-hybridized carbons (Fsp3) is 0.100. The largest absolute Gasteiger partial charge is 0.487 e. The number of carbonyl (C=O) groups is 1. The Kier molecular flexibility index (Phi) is 6.30. The molecule has 29 heavy (non-hydrogen) atoms. The monoisotopic (exact) mass is 440 g/mol. The molecule has 2 aromatic carbocycles. The highest BCUT2D eigenvalue weighted by Gasteiger charge is 2.43. The Hall–Kier alpha value is -2.77.